The van der Waals surface area contributed by atoms with Gasteiger partial charge >= 0.3 is 0 Å². The lowest BCUT2D eigenvalue weighted by atomic mass is 10.2. The van der Waals surface area contributed by atoms with E-state index in [1.54, 1.807) is 35.4 Å². The highest BCUT2D eigenvalue weighted by atomic mass is 32.2. The van der Waals surface area contributed by atoms with Crippen LogP contribution in [0.5, 0.6) is 0 Å². The van der Waals surface area contributed by atoms with Gasteiger partial charge in [-0.3, -0.25) is 4.79 Å². The molecule has 1 saturated heterocycles. The molecule has 0 saturated carbocycles. The minimum atomic E-state index is -3.38. The van der Waals surface area contributed by atoms with E-state index in [2.05, 4.69) is 15.4 Å². The van der Waals surface area contributed by atoms with Crippen LogP contribution in [0.2, 0.25) is 0 Å². The topological polar surface area (TPSA) is 97.2 Å². The van der Waals surface area contributed by atoms with E-state index in [0.29, 0.717) is 31.6 Å². The molecule has 1 unspecified atom stereocenters. The molecule has 1 aliphatic rings. The highest BCUT2D eigenvalue weighted by Gasteiger charge is 2.37. The Kier molecular flexibility index (Phi) is 5.67. The van der Waals surface area contributed by atoms with Crippen LogP contribution in [0.3, 0.4) is 0 Å². The molecule has 9 heteroatoms. The molecule has 1 aliphatic heterocycles. The fourth-order valence-corrected chi connectivity index (χ4v) is 4.93. The summed E-state index contributed by atoms with van der Waals surface area (Å²) in [5.74, 6) is 0.445. The Morgan fingerprint density at radius 3 is 2.92 bits per heavy atom. The van der Waals surface area contributed by atoms with Crippen LogP contribution >= 0.6 is 0 Å². The summed E-state index contributed by atoms with van der Waals surface area (Å²) < 4.78 is 27.7. The molecule has 3 heterocycles. The van der Waals surface area contributed by atoms with Gasteiger partial charge in [-0.05, 0) is 31.4 Å². The lowest BCUT2D eigenvalue weighted by Crippen LogP contribution is -2.46. The van der Waals surface area contributed by atoms with E-state index in [0.717, 1.165) is 5.56 Å². The number of pyridine rings is 1. The third-order valence-corrected chi connectivity index (χ3v) is 6.44. The summed E-state index contributed by atoms with van der Waals surface area (Å²) in [5, 5.41) is 7.03. The molecule has 26 heavy (non-hydrogen) atoms. The normalized spacial score (nSPS) is 18.1. The highest BCUT2D eigenvalue weighted by molar-refractivity contribution is 7.89. The number of carbonyl (C=O) groups is 1. The second-order valence-electron chi connectivity index (χ2n) is 6.24. The zero-order valence-electron chi connectivity index (χ0n) is 14.7. The number of hydrogen-bond acceptors (Lipinski definition) is 5. The van der Waals surface area contributed by atoms with E-state index in [-0.39, 0.29) is 18.2 Å². The van der Waals surface area contributed by atoms with Crippen molar-refractivity contribution in [2.75, 3.05) is 12.3 Å². The van der Waals surface area contributed by atoms with Crippen molar-refractivity contribution >= 4 is 15.9 Å². The van der Waals surface area contributed by atoms with Crippen LogP contribution in [0.25, 0.3) is 5.82 Å². The lowest BCUT2D eigenvalue weighted by molar-refractivity contribution is -0.124. The molecule has 2 aromatic rings. The number of nitrogens with zero attached hydrogens (tertiary/aromatic N) is 4. The summed E-state index contributed by atoms with van der Waals surface area (Å²) in [7, 11) is -3.38. The number of carbonyl (C=O) groups excluding carboxylic acids is 1. The largest absolute Gasteiger partial charge is 0.350 e. The van der Waals surface area contributed by atoms with Gasteiger partial charge in [-0.2, -0.15) is 9.40 Å². The van der Waals surface area contributed by atoms with Gasteiger partial charge in [0.05, 0.1) is 5.75 Å². The minimum Gasteiger partial charge on any atom is -0.350 e. The van der Waals surface area contributed by atoms with E-state index in [9.17, 15) is 13.2 Å². The molecular weight excluding hydrogens is 354 g/mol. The van der Waals surface area contributed by atoms with Crippen molar-refractivity contribution in [1.82, 2.24) is 24.4 Å². The van der Waals surface area contributed by atoms with Crippen molar-refractivity contribution in [3.05, 3.63) is 42.4 Å². The van der Waals surface area contributed by atoms with E-state index >= 15 is 0 Å². The highest BCUT2D eigenvalue weighted by Crippen LogP contribution is 2.22. The Labute approximate surface area is 153 Å². The first-order chi connectivity index (χ1) is 12.5. The van der Waals surface area contributed by atoms with Crippen molar-refractivity contribution < 1.29 is 13.2 Å². The summed E-state index contributed by atoms with van der Waals surface area (Å²) in [6.45, 7) is 2.49. The maximum atomic E-state index is 12.6. The van der Waals surface area contributed by atoms with Crippen LogP contribution in [-0.2, 0) is 21.4 Å². The van der Waals surface area contributed by atoms with Crippen molar-refractivity contribution in [2.45, 2.75) is 38.8 Å². The van der Waals surface area contributed by atoms with E-state index in [1.165, 1.54) is 4.31 Å². The molecule has 3 rings (SSSR count). The van der Waals surface area contributed by atoms with Crippen LogP contribution in [0, 0.1) is 0 Å². The first-order valence-electron chi connectivity index (χ1n) is 8.74. The quantitative estimate of drug-likeness (QED) is 0.779. The first kappa shape index (κ1) is 18.5. The zero-order chi connectivity index (χ0) is 18.6. The standard InChI is InChI=1S/C17H23N5O3S/c1-2-12-26(24,25)22-11-4-7-15(22)17(23)19-13-14-6-3-8-18-16(14)21-10-5-9-20-21/h3,5-6,8-10,15H,2,4,7,11-13H2,1H3,(H,19,23). The fourth-order valence-electron chi connectivity index (χ4n) is 3.18. The van der Waals surface area contributed by atoms with Crippen LogP contribution < -0.4 is 5.32 Å². The Morgan fingerprint density at radius 1 is 1.35 bits per heavy atom. The van der Waals surface area contributed by atoms with Crippen molar-refractivity contribution in [1.29, 1.82) is 0 Å². The maximum absolute atomic E-state index is 12.6. The van der Waals surface area contributed by atoms with Gasteiger partial charge in [0.2, 0.25) is 15.9 Å². The molecule has 140 valence electrons. The van der Waals surface area contributed by atoms with E-state index in [1.807, 2.05) is 13.0 Å². The lowest BCUT2D eigenvalue weighted by Gasteiger charge is -2.23. The Bertz CT molecular complexity index is 851. The Balaban J connectivity index is 1.70. The molecular formula is C17H23N5O3S. The average Bonchev–Trinajstić information content (AvgIpc) is 3.31. The average molecular weight is 377 g/mol. The zero-order valence-corrected chi connectivity index (χ0v) is 15.5. The third-order valence-electron chi connectivity index (χ3n) is 4.37. The number of amides is 1. The molecule has 1 atom stereocenters. The van der Waals surface area contributed by atoms with Gasteiger partial charge in [-0.15, -0.1) is 0 Å². The molecule has 1 amide bonds. The number of nitrogens with one attached hydrogen (secondary N) is 1. The van der Waals surface area contributed by atoms with Crippen molar-refractivity contribution in [3.63, 3.8) is 0 Å². The summed E-state index contributed by atoms with van der Waals surface area (Å²) in [6, 6.07) is 4.83. The molecule has 8 nitrogen and oxygen atoms in total. The van der Waals surface area contributed by atoms with Crippen LogP contribution in [0.15, 0.2) is 36.8 Å². The van der Waals surface area contributed by atoms with Crippen LogP contribution in [0.4, 0.5) is 0 Å². The Morgan fingerprint density at radius 2 is 2.19 bits per heavy atom. The fraction of sp³-hybridized carbons (Fsp3) is 0.471. The molecule has 0 aliphatic carbocycles. The number of rotatable bonds is 7. The van der Waals surface area contributed by atoms with E-state index < -0.39 is 16.1 Å². The predicted molar refractivity (Wildman–Crippen MR) is 97.0 cm³/mol. The van der Waals surface area contributed by atoms with Gasteiger partial charge in [0.1, 0.15) is 6.04 Å². The summed E-state index contributed by atoms with van der Waals surface area (Å²) in [4.78, 5) is 16.9. The molecule has 0 radical (unpaired) electrons. The maximum Gasteiger partial charge on any atom is 0.238 e. The number of sulfonamides is 1. The van der Waals surface area contributed by atoms with E-state index in [4.69, 9.17) is 0 Å². The van der Waals surface area contributed by atoms with Gasteiger partial charge in [0.15, 0.2) is 5.82 Å². The van der Waals surface area contributed by atoms with Gasteiger partial charge in [0.25, 0.3) is 0 Å². The van der Waals surface area contributed by atoms with Crippen LogP contribution in [-0.4, -0.2) is 51.7 Å². The molecule has 1 N–H and O–H groups in total. The number of hydrogen-bond donors (Lipinski definition) is 1. The summed E-state index contributed by atoms with van der Waals surface area (Å²) >= 11 is 0. The van der Waals surface area contributed by atoms with Crippen LogP contribution in [0.1, 0.15) is 31.7 Å². The SMILES string of the molecule is CCCS(=O)(=O)N1CCCC1C(=O)NCc1cccnc1-n1cccn1. The third kappa shape index (κ3) is 3.94. The monoisotopic (exact) mass is 377 g/mol. The minimum absolute atomic E-state index is 0.0723. The number of aromatic nitrogens is 3. The van der Waals surface area contributed by atoms with Gasteiger partial charge < -0.3 is 5.32 Å². The van der Waals surface area contributed by atoms with Gasteiger partial charge in [-0.1, -0.05) is 13.0 Å². The van der Waals surface area contributed by atoms with Gasteiger partial charge in [0, 0.05) is 37.2 Å². The predicted octanol–water partition coefficient (Wildman–Crippen LogP) is 1.09. The first-order valence-corrected chi connectivity index (χ1v) is 10.3. The molecule has 2 aromatic heterocycles. The second kappa shape index (κ2) is 7.96. The second-order valence-corrected chi connectivity index (χ2v) is 8.28. The van der Waals surface area contributed by atoms with Crippen molar-refractivity contribution in [2.24, 2.45) is 0 Å². The summed E-state index contributed by atoms with van der Waals surface area (Å²) in [5.41, 5.74) is 0.811. The van der Waals surface area contributed by atoms with Crippen molar-refractivity contribution in [3.8, 4) is 5.82 Å². The molecule has 1 fully saturated rings. The summed E-state index contributed by atoms with van der Waals surface area (Å²) in [6.07, 6.45) is 6.89. The molecule has 0 aromatic carbocycles. The van der Waals surface area contributed by atoms with Gasteiger partial charge in [-0.25, -0.2) is 18.1 Å². The molecule has 0 spiro atoms. The molecule has 0 bridgehead atoms. The smallest absolute Gasteiger partial charge is 0.238 e. The Hall–Kier alpha value is -2.26.